The Bertz CT molecular complexity index is 1280. The number of aromatic hydroxyl groups is 1. The van der Waals surface area contributed by atoms with E-state index in [1.807, 2.05) is 65.7 Å². The van der Waals surface area contributed by atoms with Crippen LogP contribution in [0.4, 0.5) is 0 Å². The lowest BCUT2D eigenvalue weighted by atomic mass is 9.95. The first-order valence-electron chi connectivity index (χ1n) is 10.2. The van der Waals surface area contributed by atoms with Crippen LogP contribution in [0, 0.1) is 0 Å². The summed E-state index contributed by atoms with van der Waals surface area (Å²) in [7, 11) is 0. The number of hydrazone groups is 1. The SMILES string of the molecule is Oc1ccc2ccccc2c1[C@@H]1Oc2ccccc2[C@@H]2CC(c3ccccc3)=NN21. The molecule has 0 aromatic heterocycles. The first kappa shape index (κ1) is 17.1. The van der Waals surface area contributed by atoms with Crippen LogP contribution < -0.4 is 4.74 Å². The van der Waals surface area contributed by atoms with E-state index in [1.165, 1.54) is 0 Å². The quantitative estimate of drug-likeness (QED) is 0.470. The summed E-state index contributed by atoms with van der Waals surface area (Å²) in [4.78, 5) is 0. The molecule has 4 nitrogen and oxygen atoms in total. The Labute approximate surface area is 174 Å². The minimum atomic E-state index is -0.503. The van der Waals surface area contributed by atoms with Gasteiger partial charge in [-0.05, 0) is 28.5 Å². The molecule has 0 spiro atoms. The van der Waals surface area contributed by atoms with Crippen LogP contribution >= 0.6 is 0 Å². The van der Waals surface area contributed by atoms with E-state index in [9.17, 15) is 5.11 Å². The van der Waals surface area contributed by atoms with Gasteiger partial charge < -0.3 is 9.84 Å². The van der Waals surface area contributed by atoms with Gasteiger partial charge in [0.15, 0.2) is 0 Å². The molecule has 0 amide bonds. The van der Waals surface area contributed by atoms with Gasteiger partial charge in [-0.15, -0.1) is 0 Å². The molecule has 0 bridgehead atoms. The molecule has 1 N–H and O–H groups in total. The van der Waals surface area contributed by atoms with E-state index in [-0.39, 0.29) is 11.8 Å². The Morgan fingerprint density at radius 2 is 1.60 bits per heavy atom. The van der Waals surface area contributed by atoms with Gasteiger partial charge >= 0.3 is 0 Å². The molecule has 2 aliphatic rings. The third-order valence-corrected chi connectivity index (χ3v) is 6.00. The molecule has 0 saturated heterocycles. The maximum atomic E-state index is 10.9. The van der Waals surface area contributed by atoms with E-state index in [2.05, 4.69) is 24.3 Å². The predicted octanol–water partition coefficient (Wildman–Crippen LogP) is 5.79. The van der Waals surface area contributed by atoms with Crippen LogP contribution in [0.1, 0.15) is 35.4 Å². The first-order chi connectivity index (χ1) is 14.8. The number of benzene rings is 4. The summed E-state index contributed by atoms with van der Waals surface area (Å²) in [5.41, 5.74) is 4.03. The number of phenolic OH excluding ortho intramolecular Hbond substituents is 1. The minimum absolute atomic E-state index is 0.0634. The van der Waals surface area contributed by atoms with E-state index < -0.39 is 6.23 Å². The van der Waals surface area contributed by atoms with Gasteiger partial charge in [-0.25, -0.2) is 5.01 Å². The second-order valence-corrected chi connectivity index (χ2v) is 7.74. The number of rotatable bonds is 2. The Kier molecular flexibility index (Phi) is 3.78. The van der Waals surface area contributed by atoms with Gasteiger partial charge in [0.1, 0.15) is 11.5 Å². The summed E-state index contributed by atoms with van der Waals surface area (Å²) in [5, 5.41) is 19.9. The molecule has 146 valence electrons. The number of para-hydroxylation sites is 1. The van der Waals surface area contributed by atoms with Crippen LogP contribution in [0.2, 0.25) is 0 Å². The van der Waals surface area contributed by atoms with Crippen LogP contribution in [0.5, 0.6) is 11.5 Å². The summed E-state index contributed by atoms with van der Waals surface area (Å²) in [5.74, 6) is 1.07. The van der Waals surface area contributed by atoms with E-state index in [1.54, 1.807) is 6.07 Å². The second-order valence-electron chi connectivity index (χ2n) is 7.74. The van der Waals surface area contributed by atoms with Crippen molar-refractivity contribution >= 4 is 16.5 Å². The van der Waals surface area contributed by atoms with Gasteiger partial charge in [0.2, 0.25) is 6.23 Å². The Balaban J connectivity index is 1.55. The summed E-state index contributed by atoms with van der Waals surface area (Å²) < 4.78 is 6.46. The topological polar surface area (TPSA) is 45.1 Å². The van der Waals surface area contributed by atoms with Crippen molar-refractivity contribution in [1.29, 1.82) is 0 Å². The normalized spacial score (nSPS) is 19.7. The molecular formula is C26H20N2O2. The zero-order chi connectivity index (χ0) is 20.1. The molecular weight excluding hydrogens is 372 g/mol. The van der Waals surface area contributed by atoms with Crippen LogP contribution in [-0.4, -0.2) is 15.8 Å². The van der Waals surface area contributed by atoms with E-state index in [4.69, 9.17) is 9.84 Å². The van der Waals surface area contributed by atoms with Crippen molar-refractivity contribution in [2.75, 3.05) is 0 Å². The highest BCUT2D eigenvalue weighted by molar-refractivity contribution is 6.02. The minimum Gasteiger partial charge on any atom is -0.507 e. The van der Waals surface area contributed by atoms with Gasteiger partial charge in [-0.2, -0.15) is 5.10 Å². The highest BCUT2D eigenvalue weighted by atomic mass is 16.5. The summed E-state index contributed by atoms with van der Waals surface area (Å²) in [6.07, 6.45) is 0.295. The van der Waals surface area contributed by atoms with Crippen LogP contribution in [0.3, 0.4) is 0 Å². The molecule has 6 rings (SSSR count). The van der Waals surface area contributed by atoms with Crippen LogP contribution in [0.15, 0.2) is 96.1 Å². The van der Waals surface area contributed by atoms with Gasteiger partial charge in [0, 0.05) is 12.0 Å². The maximum Gasteiger partial charge on any atom is 0.218 e. The number of nitrogens with zero attached hydrogens (tertiary/aromatic N) is 2. The van der Waals surface area contributed by atoms with Crippen molar-refractivity contribution in [1.82, 2.24) is 5.01 Å². The predicted molar refractivity (Wildman–Crippen MR) is 118 cm³/mol. The number of phenols is 1. The van der Waals surface area contributed by atoms with Crippen LogP contribution in [0.25, 0.3) is 10.8 Å². The highest BCUT2D eigenvalue weighted by Gasteiger charge is 2.42. The molecule has 0 unspecified atom stereocenters. The molecule has 2 heterocycles. The molecule has 4 aromatic rings. The monoisotopic (exact) mass is 392 g/mol. The summed E-state index contributed by atoms with van der Waals surface area (Å²) in [6.45, 7) is 0. The van der Waals surface area contributed by atoms with E-state index >= 15 is 0 Å². The van der Waals surface area contributed by atoms with Gasteiger partial charge in [0.25, 0.3) is 0 Å². The molecule has 2 atom stereocenters. The summed E-state index contributed by atoms with van der Waals surface area (Å²) >= 11 is 0. The van der Waals surface area contributed by atoms with Crippen molar-refractivity contribution in [3.05, 3.63) is 108 Å². The molecule has 0 saturated carbocycles. The van der Waals surface area contributed by atoms with Crippen molar-refractivity contribution < 1.29 is 9.84 Å². The number of ether oxygens (including phenoxy) is 1. The fourth-order valence-electron chi connectivity index (χ4n) is 4.57. The van der Waals surface area contributed by atoms with Crippen molar-refractivity contribution in [2.24, 2.45) is 5.10 Å². The fourth-order valence-corrected chi connectivity index (χ4v) is 4.57. The van der Waals surface area contributed by atoms with Crippen molar-refractivity contribution in [3.63, 3.8) is 0 Å². The third-order valence-electron chi connectivity index (χ3n) is 6.00. The van der Waals surface area contributed by atoms with Crippen LogP contribution in [-0.2, 0) is 0 Å². The first-order valence-corrected chi connectivity index (χ1v) is 10.2. The molecule has 4 aromatic carbocycles. The number of hydrogen-bond acceptors (Lipinski definition) is 4. The Hall–Kier alpha value is -3.79. The standard InChI is InChI=1S/C26H20N2O2/c29-23-15-14-17-8-4-5-11-19(17)25(23)26-28-22(20-12-6-7-13-24(20)30-26)16-21(27-28)18-9-2-1-3-10-18/h1-15,22,26,29H,16H2/t22-,26-/m0/s1. The Morgan fingerprint density at radius 1 is 0.833 bits per heavy atom. The molecule has 2 aliphatic heterocycles. The molecule has 4 heteroatoms. The highest BCUT2D eigenvalue weighted by Crippen LogP contribution is 2.49. The third kappa shape index (κ3) is 2.57. The molecule has 0 aliphatic carbocycles. The zero-order valence-electron chi connectivity index (χ0n) is 16.3. The average molecular weight is 392 g/mol. The van der Waals surface area contributed by atoms with Gasteiger partial charge in [-0.1, -0.05) is 78.9 Å². The molecule has 0 fully saturated rings. The number of fused-ring (bicyclic) bond motifs is 4. The lowest BCUT2D eigenvalue weighted by molar-refractivity contribution is -0.0193. The lowest BCUT2D eigenvalue weighted by Crippen LogP contribution is -2.33. The Morgan fingerprint density at radius 3 is 2.50 bits per heavy atom. The van der Waals surface area contributed by atoms with E-state index in [0.717, 1.165) is 45.3 Å². The van der Waals surface area contributed by atoms with Gasteiger partial charge in [0.05, 0.1) is 17.3 Å². The van der Waals surface area contributed by atoms with Crippen molar-refractivity contribution in [3.8, 4) is 11.5 Å². The van der Waals surface area contributed by atoms with Gasteiger partial charge in [-0.3, -0.25) is 0 Å². The van der Waals surface area contributed by atoms with Crippen molar-refractivity contribution in [2.45, 2.75) is 18.7 Å². The maximum absolute atomic E-state index is 10.9. The summed E-state index contributed by atoms with van der Waals surface area (Å²) in [6, 6.07) is 30.2. The largest absolute Gasteiger partial charge is 0.507 e. The second kappa shape index (κ2) is 6.63. The van der Waals surface area contributed by atoms with E-state index in [0.29, 0.717) is 0 Å². The number of hydrogen-bond donors (Lipinski definition) is 1. The lowest BCUT2D eigenvalue weighted by Gasteiger charge is -2.38. The fraction of sp³-hybridized carbons (Fsp3) is 0.115. The zero-order valence-corrected chi connectivity index (χ0v) is 16.3. The molecule has 0 radical (unpaired) electrons. The molecule has 30 heavy (non-hydrogen) atoms. The average Bonchev–Trinajstić information content (AvgIpc) is 3.25. The smallest absolute Gasteiger partial charge is 0.218 e.